The lowest BCUT2D eigenvalue weighted by Gasteiger charge is -2.76. The first-order valence-electron chi connectivity index (χ1n) is 10.3. The van der Waals surface area contributed by atoms with E-state index in [4.69, 9.17) is 0 Å². The van der Waals surface area contributed by atoms with E-state index in [-0.39, 0.29) is 0 Å². The Bertz CT molecular complexity index is 1170. The third-order valence-corrected chi connectivity index (χ3v) is 7.48. The maximum absolute atomic E-state index is 15.5. The van der Waals surface area contributed by atoms with Crippen molar-refractivity contribution in [1.82, 2.24) is 0 Å². The van der Waals surface area contributed by atoms with Gasteiger partial charge in [-0.05, 0) is 0 Å². The first-order chi connectivity index (χ1) is 19.4. The van der Waals surface area contributed by atoms with Crippen LogP contribution in [0.3, 0.4) is 0 Å². The molecule has 4 N–H and O–H groups in total. The van der Waals surface area contributed by atoms with Gasteiger partial charge in [0.25, 0.3) is 11.2 Å². The number of rotatable bonds is 6. The summed E-state index contributed by atoms with van der Waals surface area (Å²) in [6, 6.07) is 0. The standard InChI is InChI=1S/C16H4F26N2O2/c17-1-5(19,20)2(18)8(25,26)3(6(1,21)22,45-15(39,40)11(31,43)13(33,34)35)10(29,30)4(7(1,23)24,9(2,27)28)46-16(41,42)12(32,44)14(36,37)38/h43-44H2. The molecule has 4 aliphatic rings. The second-order valence-electron chi connectivity index (χ2n) is 9.78. The summed E-state index contributed by atoms with van der Waals surface area (Å²) < 4.78 is 375. The highest BCUT2D eigenvalue weighted by Gasteiger charge is 3.24. The van der Waals surface area contributed by atoms with Gasteiger partial charge in [0, 0.05) is 0 Å². The topological polar surface area (TPSA) is 70.5 Å². The summed E-state index contributed by atoms with van der Waals surface area (Å²) in [6.07, 6.45) is -32.4. The molecule has 0 aromatic carbocycles. The monoisotopic (exact) mass is 750 g/mol. The largest absolute Gasteiger partial charge is 0.445 e. The molecule has 0 saturated heterocycles. The van der Waals surface area contributed by atoms with Gasteiger partial charge in [-0.2, -0.15) is 96.6 Å². The van der Waals surface area contributed by atoms with Crippen molar-refractivity contribution in [3.63, 3.8) is 0 Å². The molecule has 0 amide bonds. The van der Waals surface area contributed by atoms with Gasteiger partial charge in [-0.15, -0.1) is 0 Å². The van der Waals surface area contributed by atoms with Crippen LogP contribution < -0.4 is 11.5 Å². The third-order valence-electron chi connectivity index (χ3n) is 7.48. The Kier molecular flexibility index (Phi) is 6.89. The van der Waals surface area contributed by atoms with Crippen molar-refractivity contribution in [3.8, 4) is 0 Å². The summed E-state index contributed by atoms with van der Waals surface area (Å²) in [5, 5.41) is 0. The van der Waals surface area contributed by atoms with E-state index in [0.717, 1.165) is 0 Å². The Hall–Kier alpha value is -1.98. The zero-order chi connectivity index (χ0) is 37.4. The maximum Gasteiger partial charge on any atom is 0.445 e. The molecule has 272 valence electrons. The molecule has 4 bridgehead atoms. The Morgan fingerprint density at radius 2 is 0.522 bits per heavy atom. The Morgan fingerprint density at radius 1 is 0.326 bits per heavy atom. The average molecular weight is 750 g/mol. The van der Waals surface area contributed by atoms with Crippen molar-refractivity contribution < 1.29 is 124 Å². The van der Waals surface area contributed by atoms with Crippen LogP contribution in [0.5, 0.6) is 0 Å². The van der Waals surface area contributed by atoms with Gasteiger partial charge < -0.3 is 0 Å². The zero-order valence-electron chi connectivity index (χ0n) is 19.8. The van der Waals surface area contributed by atoms with Crippen LogP contribution in [0, 0.1) is 0 Å². The van der Waals surface area contributed by atoms with Crippen LogP contribution in [0.15, 0.2) is 0 Å². The molecule has 4 fully saturated rings. The third kappa shape index (κ3) is 2.98. The molecule has 4 aliphatic carbocycles. The van der Waals surface area contributed by atoms with Crippen molar-refractivity contribution in [2.75, 3.05) is 0 Å². The molecule has 4 saturated carbocycles. The number of alkyl halides is 26. The molecule has 46 heavy (non-hydrogen) atoms. The molecule has 0 aliphatic heterocycles. The lowest BCUT2D eigenvalue weighted by atomic mass is 9.39. The van der Waals surface area contributed by atoms with Crippen LogP contribution in [-0.4, -0.2) is 94.2 Å². The summed E-state index contributed by atoms with van der Waals surface area (Å²) in [5.74, 6) is -70.0. The maximum atomic E-state index is 15.5. The van der Waals surface area contributed by atoms with E-state index in [1.165, 1.54) is 9.47 Å². The van der Waals surface area contributed by atoms with Gasteiger partial charge in [-0.25, -0.2) is 17.6 Å². The van der Waals surface area contributed by atoms with Crippen molar-refractivity contribution in [3.05, 3.63) is 0 Å². The molecule has 0 aromatic heterocycles. The molecule has 4 nitrogen and oxygen atoms in total. The van der Waals surface area contributed by atoms with Gasteiger partial charge in [0.1, 0.15) is 0 Å². The summed E-state index contributed by atoms with van der Waals surface area (Å²) >= 11 is 0. The zero-order valence-corrected chi connectivity index (χ0v) is 19.8. The number of hydrogen-bond acceptors (Lipinski definition) is 4. The Labute approximate surface area is 230 Å². The minimum Gasteiger partial charge on any atom is -0.290 e. The van der Waals surface area contributed by atoms with Gasteiger partial charge >= 0.3 is 83.0 Å². The highest BCUT2D eigenvalue weighted by Crippen LogP contribution is 2.89. The van der Waals surface area contributed by atoms with Gasteiger partial charge in [0.15, 0.2) is 0 Å². The fourth-order valence-electron chi connectivity index (χ4n) is 5.07. The minimum absolute atomic E-state index is 1.52. The highest BCUT2D eigenvalue weighted by molar-refractivity contribution is 5.55. The van der Waals surface area contributed by atoms with Gasteiger partial charge in [0.2, 0.25) is 0 Å². The minimum atomic E-state index is -9.35. The molecular weight excluding hydrogens is 746 g/mol. The average Bonchev–Trinajstić information content (AvgIpc) is 2.79. The summed E-state index contributed by atoms with van der Waals surface area (Å²) in [6.45, 7) is 0. The smallest absolute Gasteiger partial charge is 0.290 e. The van der Waals surface area contributed by atoms with Crippen molar-refractivity contribution in [1.29, 1.82) is 0 Å². The van der Waals surface area contributed by atoms with Crippen molar-refractivity contribution in [2.24, 2.45) is 11.5 Å². The van der Waals surface area contributed by atoms with Crippen molar-refractivity contribution in [2.45, 2.75) is 94.2 Å². The van der Waals surface area contributed by atoms with Crippen LogP contribution in [0.1, 0.15) is 0 Å². The highest BCUT2D eigenvalue weighted by atomic mass is 19.4. The van der Waals surface area contributed by atoms with Crippen LogP contribution in [-0.2, 0) is 9.47 Å². The lowest BCUT2D eigenvalue weighted by Crippen LogP contribution is -3.11. The molecule has 0 spiro atoms. The van der Waals surface area contributed by atoms with Crippen LogP contribution >= 0.6 is 0 Å². The molecule has 2 atom stereocenters. The van der Waals surface area contributed by atoms with Gasteiger partial charge in [-0.3, -0.25) is 20.9 Å². The Balaban J connectivity index is 2.73. The first kappa shape index (κ1) is 38.5. The van der Waals surface area contributed by atoms with E-state index in [0.29, 0.717) is 0 Å². The summed E-state index contributed by atoms with van der Waals surface area (Å²) in [5.41, 5.74) is -29.7. The predicted octanol–water partition coefficient (Wildman–Crippen LogP) is 6.33. The molecule has 0 heterocycles. The van der Waals surface area contributed by atoms with E-state index in [9.17, 15) is 61.5 Å². The molecular formula is C16H4F26N2O2. The summed E-state index contributed by atoms with van der Waals surface area (Å²) in [7, 11) is 0. The fourth-order valence-corrected chi connectivity index (χ4v) is 5.07. The summed E-state index contributed by atoms with van der Waals surface area (Å²) in [4.78, 5) is 0. The van der Waals surface area contributed by atoms with E-state index >= 15 is 52.7 Å². The van der Waals surface area contributed by atoms with Crippen molar-refractivity contribution >= 4 is 0 Å². The normalized spacial score (nSPS) is 39.9. The van der Waals surface area contributed by atoms with Gasteiger partial charge in [0.05, 0.1) is 0 Å². The quantitative estimate of drug-likeness (QED) is 0.246. The Morgan fingerprint density at radius 3 is 0.696 bits per heavy atom. The van der Waals surface area contributed by atoms with Crippen LogP contribution in [0.25, 0.3) is 0 Å². The van der Waals surface area contributed by atoms with Crippen LogP contribution in [0.4, 0.5) is 114 Å². The molecule has 4 rings (SSSR count). The number of hydrogen-bond donors (Lipinski definition) is 2. The van der Waals surface area contributed by atoms with E-state index < -0.39 is 94.2 Å². The number of nitrogens with two attached hydrogens (primary N) is 2. The van der Waals surface area contributed by atoms with E-state index in [2.05, 4.69) is 11.5 Å². The van der Waals surface area contributed by atoms with E-state index in [1.807, 2.05) is 0 Å². The number of halogens is 26. The van der Waals surface area contributed by atoms with Crippen LogP contribution in [0.2, 0.25) is 0 Å². The second kappa shape index (κ2) is 8.24. The second-order valence-corrected chi connectivity index (χ2v) is 9.78. The molecule has 0 aromatic rings. The van der Waals surface area contributed by atoms with Gasteiger partial charge in [-0.1, -0.05) is 0 Å². The van der Waals surface area contributed by atoms with E-state index in [1.54, 1.807) is 0 Å². The first-order valence-corrected chi connectivity index (χ1v) is 10.3. The molecule has 2 unspecified atom stereocenters. The number of ether oxygens (including phenoxy) is 2. The lowest BCUT2D eigenvalue weighted by molar-refractivity contribution is -0.655. The molecule has 0 radical (unpaired) electrons. The SMILES string of the molecule is NC(F)(C(F)(F)F)C(F)(F)OC12C(F)(F)C3(F)C(F)(F)C(F)(C1(F)F)C(F)(F)C(OC(F)(F)C(N)(F)C(F)(F)F)(C3(F)F)C2(F)F. The fraction of sp³-hybridized carbons (Fsp3) is 1.00. The predicted molar refractivity (Wildman–Crippen MR) is 83.0 cm³/mol. The molecule has 30 heteroatoms.